The molecule has 2 aromatic heterocycles. The number of fused-ring (bicyclic) bond motifs is 1. The predicted octanol–water partition coefficient (Wildman–Crippen LogP) is 4.16. The van der Waals surface area contributed by atoms with Gasteiger partial charge in [0.25, 0.3) is 0 Å². The highest BCUT2D eigenvalue weighted by atomic mass is 16.5. The Hall–Kier alpha value is -2.46. The maximum atomic E-state index is 6.17. The Kier molecular flexibility index (Phi) is 4.89. The minimum absolute atomic E-state index is 0.704. The van der Waals surface area contributed by atoms with E-state index in [2.05, 4.69) is 16.0 Å². The van der Waals surface area contributed by atoms with Crippen molar-refractivity contribution in [3.63, 3.8) is 0 Å². The average Bonchev–Trinajstić information content (AvgIpc) is 2.69. The first-order chi connectivity index (χ1) is 12.4. The molecule has 1 aromatic carbocycles. The van der Waals surface area contributed by atoms with Gasteiger partial charge in [-0.15, -0.1) is 0 Å². The molecule has 1 saturated heterocycles. The van der Waals surface area contributed by atoms with Crippen LogP contribution in [0.15, 0.2) is 54.7 Å². The molecule has 3 aromatic rings. The number of likely N-dealkylation sites (tertiary alicyclic amines) is 1. The van der Waals surface area contributed by atoms with Crippen LogP contribution in [0.4, 0.5) is 0 Å². The molecule has 0 N–H and O–H groups in total. The number of aromatic nitrogens is 2. The third kappa shape index (κ3) is 3.80. The van der Waals surface area contributed by atoms with Gasteiger partial charge in [0.2, 0.25) is 0 Å². The van der Waals surface area contributed by atoms with Crippen molar-refractivity contribution < 1.29 is 4.74 Å². The summed E-state index contributed by atoms with van der Waals surface area (Å²) >= 11 is 0. The molecule has 0 amide bonds. The lowest BCUT2D eigenvalue weighted by Gasteiger charge is -2.26. The Bertz CT molecular complexity index is 829. The Morgan fingerprint density at radius 3 is 2.60 bits per heavy atom. The zero-order valence-corrected chi connectivity index (χ0v) is 14.4. The summed E-state index contributed by atoms with van der Waals surface area (Å²) in [5.41, 5.74) is 2.67. The average molecular weight is 333 g/mol. The van der Waals surface area contributed by atoms with Crippen LogP contribution < -0.4 is 4.74 Å². The van der Waals surface area contributed by atoms with E-state index in [-0.39, 0.29) is 0 Å². The van der Waals surface area contributed by atoms with Crippen LogP contribution in [0.5, 0.6) is 5.75 Å². The highest BCUT2D eigenvalue weighted by molar-refractivity contribution is 5.87. The van der Waals surface area contributed by atoms with E-state index in [1.54, 1.807) is 6.20 Å². The van der Waals surface area contributed by atoms with Gasteiger partial charge in [-0.25, -0.2) is 4.98 Å². The largest absolute Gasteiger partial charge is 0.491 e. The Labute approximate surface area is 148 Å². The van der Waals surface area contributed by atoms with Crippen molar-refractivity contribution in [3.05, 3.63) is 54.7 Å². The van der Waals surface area contributed by atoms with Crippen LogP contribution >= 0.6 is 0 Å². The number of rotatable bonds is 5. The van der Waals surface area contributed by atoms with Gasteiger partial charge in [0, 0.05) is 24.2 Å². The molecule has 0 saturated carbocycles. The molecule has 0 bridgehead atoms. The normalized spacial score (nSPS) is 15.4. The van der Waals surface area contributed by atoms with Crippen molar-refractivity contribution in [1.82, 2.24) is 14.9 Å². The van der Waals surface area contributed by atoms with Crippen LogP contribution in [0, 0.1) is 0 Å². The Morgan fingerprint density at radius 2 is 1.76 bits per heavy atom. The second-order valence-corrected chi connectivity index (χ2v) is 6.49. The predicted molar refractivity (Wildman–Crippen MR) is 101 cm³/mol. The molecule has 128 valence electrons. The summed E-state index contributed by atoms with van der Waals surface area (Å²) in [4.78, 5) is 11.7. The fourth-order valence-electron chi connectivity index (χ4n) is 3.38. The van der Waals surface area contributed by atoms with Gasteiger partial charge in [0.05, 0.1) is 16.9 Å². The van der Waals surface area contributed by atoms with Gasteiger partial charge in [-0.3, -0.25) is 9.88 Å². The number of hydrogen-bond donors (Lipinski definition) is 0. The van der Waals surface area contributed by atoms with Crippen LogP contribution in [0.1, 0.15) is 19.3 Å². The molecule has 4 heteroatoms. The fourth-order valence-corrected chi connectivity index (χ4v) is 3.38. The Morgan fingerprint density at radius 1 is 0.920 bits per heavy atom. The number of pyridine rings is 2. The van der Waals surface area contributed by atoms with Crippen molar-refractivity contribution in [2.24, 2.45) is 0 Å². The molecule has 4 nitrogen and oxygen atoms in total. The van der Waals surface area contributed by atoms with E-state index in [9.17, 15) is 0 Å². The summed E-state index contributed by atoms with van der Waals surface area (Å²) in [6.07, 6.45) is 5.77. The molecule has 0 radical (unpaired) electrons. The number of hydrogen-bond acceptors (Lipinski definition) is 4. The molecule has 1 aliphatic heterocycles. The molecule has 4 rings (SSSR count). The van der Waals surface area contributed by atoms with E-state index in [1.807, 2.05) is 42.5 Å². The summed E-state index contributed by atoms with van der Waals surface area (Å²) in [7, 11) is 0. The minimum Gasteiger partial charge on any atom is -0.491 e. The summed E-state index contributed by atoms with van der Waals surface area (Å²) in [6, 6.07) is 16.0. The summed E-state index contributed by atoms with van der Waals surface area (Å²) in [5, 5.41) is 1.06. The van der Waals surface area contributed by atoms with Gasteiger partial charge in [0.1, 0.15) is 12.4 Å². The van der Waals surface area contributed by atoms with Crippen molar-refractivity contribution in [2.45, 2.75) is 19.3 Å². The van der Waals surface area contributed by atoms with E-state index in [4.69, 9.17) is 9.72 Å². The van der Waals surface area contributed by atoms with Gasteiger partial charge in [0.15, 0.2) is 0 Å². The van der Waals surface area contributed by atoms with E-state index in [1.165, 1.54) is 32.4 Å². The molecule has 3 heterocycles. The quantitative estimate of drug-likeness (QED) is 0.703. The molecule has 1 aliphatic rings. The number of piperidine rings is 1. The molecule has 0 spiro atoms. The lowest BCUT2D eigenvalue weighted by molar-refractivity contribution is 0.184. The summed E-state index contributed by atoms with van der Waals surface area (Å²) in [5.74, 6) is 0.892. The lowest BCUT2D eigenvalue weighted by Crippen LogP contribution is -2.33. The molecule has 0 unspecified atom stereocenters. The van der Waals surface area contributed by atoms with Crippen LogP contribution in [-0.4, -0.2) is 41.1 Å². The monoisotopic (exact) mass is 333 g/mol. The second kappa shape index (κ2) is 7.62. The SMILES string of the molecule is c1ccc(-c2cc(OCCN3CCCCC3)c3ccccc3n2)nc1. The highest BCUT2D eigenvalue weighted by Gasteiger charge is 2.12. The van der Waals surface area contributed by atoms with Crippen molar-refractivity contribution in [1.29, 1.82) is 0 Å². The van der Waals surface area contributed by atoms with Gasteiger partial charge >= 0.3 is 0 Å². The maximum Gasteiger partial charge on any atom is 0.130 e. The minimum atomic E-state index is 0.704. The van der Waals surface area contributed by atoms with Crippen LogP contribution in [-0.2, 0) is 0 Å². The molecule has 1 fully saturated rings. The van der Waals surface area contributed by atoms with Crippen LogP contribution in [0.2, 0.25) is 0 Å². The number of nitrogens with zero attached hydrogens (tertiary/aromatic N) is 3. The van der Waals surface area contributed by atoms with Crippen LogP contribution in [0.25, 0.3) is 22.3 Å². The maximum absolute atomic E-state index is 6.17. The van der Waals surface area contributed by atoms with E-state index in [0.717, 1.165) is 34.6 Å². The third-order valence-corrected chi connectivity index (χ3v) is 4.72. The topological polar surface area (TPSA) is 38.2 Å². The fraction of sp³-hybridized carbons (Fsp3) is 0.333. The zero-order valence-electron chi connectivity index (χ0n) is 14.4. The Balaban J connectivity index is 1.58. The number of para-hydroxylation sites is 1. The van der Waals surface area contributed by atoms with Crippen molar-refractivity contribution >= 4 is 10.9 Å². The molecular formula is C21H23N3O. The van der Waals surface area contributed by atoms with Gasteiger partial charge in [-0.05, 0) is 50.2 Å². The van der Waals surface area contributed by atoms with Crippen molar-refractivity contribution in [3.8, 4) is 17.1 Å². The van der Waals surface area contributed by atoms with E-state index < -0.39 is 0 Å². The van der Waals surface area contributed by atoms with Crippen molar-refractivity contribution in [2.75, 3.05) is 26.2 Å². The molecular weight excluding hydrogens is 310 g/mol. The first-order valence-electron chi connectivity index (χ1n) is 9.06. The molecule has 0 atom stereocenters. The second-order valence-electron chi connectivity index (χ2n) is 6.49. The third-order valence-electron chi connectivity index (χ3n) is 4.72. The zero-order chi connectivity index (χ0) is 16.9. The smallest absolute Gasteiger partial charge is 0.130 e. The van der Waals surface area contributed by atoms with Gasteiger partial charge in [-0.2, -0.15) is 0 Å². The van der Waals surface area contributed by atoms with E-state index in [0.29, 0.717) is 6.61 Å². The first-order valence-corrected chi connectivity index (χ1v) is 9.06. The first kappa shape index (κ1) is 16.0. The summed E-state index contributed by atoms with van der Waals surface area (Å²) < 4.78 is 6.17. The van der Waals surface area contributed by atoms with Gasteiger partial charge in [-0.1, -0.05) is 24.6 Å². The highest BCUT2D eigenvalue weighted by Crippen LogP contribution is 2.29. The molecule has 25 heavy (non-hydrogen) atoms. The number of ether oxygens (including phenoxy) is 1. The van der Waals surface area contributed by atoms with Gasteiger partial charge < -0.3 is 4.74 Å². The standard InChI is InChI=1S/C21H23N3O/c1-6-12-24(13-7-1)14-15-25-21-16-20(19-10-4-5-11-22-19)23-18-9-3-2-8-17(18)21/h2-5,8-11,16H,1,6-7,12-15H2. The molecule has 0 aliphatic carbocycles. The van der Waals surface area contributed by atoms with E-state index >= 15 is 0 Å². The number of benzene rings is 1. The lowest BCUT2D eigenvalue weighted by atomic mass is 10.1. The van der Waals surface area contributed by atoms with Crippen LogP contribution in [0.3, 0.4) is 0 Å². The summed E-state index contributed by atoms with van der Waals surface area (Å²) in [6.45, 7) is 4.07.